The number of carbonyl (C=O) groups excluding carboxylic acids is 1. The number of piperazine rings is 1. The normalized spacial score (nSPS) is 22.9. The monoisotopic (exact) mass is 354 g/mol. The van der Waals surface area contributed by atoms with Crippen LogP contribution < -0.4 is 0 Å². The van der Waals surface area contributed by atoms with Crippen LogP contribution in [0.1, 0.15) is 11.5 Å². The fourth-order valence-corrected chi connectivity index (χ4v) is 4.62. The zero-order valence-electron chi connectivity index (χ0n) is 11.4. The first-order chi connectivity index (χ1) is 9.79. The second kappa shape index (κ2) is 6.50. The third kappa shape index (κ3) is 2.90. The molecule has 1 atom stereocenters. The summed E-state index contributed by atoms with van der Waals surface area (Å²) in [6.07, 6.45) is 0. The second-order valence-corrected chi connectivity index (χ2v) is 7.11. The van der Waals surface area contributed by atoms with Gasteiger partial charge in [-0.2, -0.15) is 0 Å². The van der Waals surface area contributed by atoms with E-state index in [9.17, 15) is 4.79 Å². The van der Waals surface area contributed by atoms with E-state index in [1.807, 2.05) is 17.8 Å². The summed E-state index contributed by atoms with van der Waals surface area (Å²) in [4.78, 5) is 18.5. The van der Waals surface area contributed by atoms with Gasteiger partial charge >= 0.3 is 0 Å². The fraction of sp³-hybridized carbons (Fsp3) is 0.533. The SMILES string of the molecule is O=C(C1CSc2ccccc21)N1CCN(CCBr)CC1. The molecule has 20 heavy (non-hydrogen) atoms. The lowest BCUT2D eigenvalue weighted by Gasteiger charge is -2.35. The number of benzene rings is 1. The van der Waals surface area contributed by atoms with Crippen molar-refractivity contribution in [1.29, 1.82) is 0 Å². The van der Waals surface area contributed by atoms with Crippen molar-refractivity contribution in [3.8, 4) is 0 Å². The number of hydrogen-bond donors (Lipinski definition) is 0. The molecule has 0 N–H and O–H groups in total. The third-order valence-corrected chi connectivity index (χ3v) is 5.62. The highest BCUT2D eigenvalue weighted by Gasteiger charge is 2.33. The van der Waals surface area contributed by atoms with Crippen LogP contribution in [0.15, 0.2) is 29.2 Å². The van der Waals surface area contributed by atoms with Crippen molar-refractivity contribution < 1.29 is 4.79 Å². The average molecular weight is 355 g/mol. The molecular weight excluding hydrogens is 336 g/mol. The lowest BCUT2D eigenvalue weighted by Crippen LogP contribution is -2.50. The van der Waals surface area contributed by atoms with Crippen molar-refractivity contribution in [2.75, 3.05) is 43.8 Å². The van der Waals surface area contributed by atoms with Gasteiger partial charge in [-0.1, -0.05) is 34.1 Å². The fourth-order valence-electron chi connectivity index (χ4n) is 2.90. The molecule has 2 aliphatic rings. The van der Waals surface area contributed by atoms with Gasteiger partial charge in [0, 0.05) is 48.7 Å². The van der Waals surface area contributed by atoms with E-state index in [1.54, 1.807) is 0 Å². The van der Waals surface area contributed by atoms with Crippen LogP contribution in [0.25, 0.3) is 0 Å². The molecule has 0 aromatic heterocycles. The summed E-state index contributed by atoms with van der Waals surface area (Å²) in [6.45, 7) is 4.81. The van der Waals surface area contributed by atoms with Gasteiger partial charge in [-0.15, -0.1) is 11.8 Å². The van der Waals surface area contributed by atoms with Gasteiger partial charge in [-0.05, 0) is 11.6 Å². The molecule has 1 unspecified atom stereocenters. The Labute approximate surface area is 132 Å². The van der Waals surface area contributed by atoms with Crippen LogP contribution in [-0.2, 0) is 4.79 Å². The van der Waals surface area contributed by atoms with Crippen LogP contribution in [0, 0.1) is 0 Å². The molecule has 1 saturated heterocycles. The minimum absolute atomic E-state index is 0.0684. The van der Waals surface area contributed by atoms with Gasteiger partial charge < -0.3 is 4.90 Å². The maximum atomic E-state index is 12.7. The molecule has 1 amide bonds. The number of nitrogens with zero attached hydrogens (tertiary/aromatic N) is 2. The molecule has 2 aliphatic heterocycles. The minimum Gasteiger partial charge on any atom is -0.340 e. The highest BCUT2D eigenvalue weighted by atomic mass is 79.9. The number of carbonyl (C=O) groups is 1. The standard InChI is InChI=1S/C15H19BrN2OS/c16-5-6-17-7-9-18(10-8-17)15(19)13-11-20-14-4-2-1-3-12(13)14/h1-4,13H,5-11H2. The van der Waals surface area contributed by atoms with Gasteiger partial charge in [-0.3, -0.25) is 9.69 Å². The summed E-state index contributed by atoms with van der Waals surface area (Å²) >= 11 is 5.29. The van der Waals surface area contributed by atoms with Crippen molar-refractivity contribution >= 4 is 33.6 Å². The summed E-state index contributed by atoms with van der Waals surface area (Å²) in [6, 6.07) is 8.33. The van der Waals surface area contributed by atoms with Crippen molar-refractivity contribution in [3.05, 3.63) is 29.8 Å². The average Bonchev–Trinajstić information content (AvgIpc) is 2.92. The maximum Gasteiger partial charge on any atom is 0.231 e. The Kier molecular flexibility index (Phi) is 4.68. The number of rotatable bonds is 3. The Balaban J connectivity index is 1.64. The quantitative estimate of drug-likeness (QED) is 0.778. The largest absolute Gasteiger partial charge is 0.340 e. The van der Waals surface area contributed by atoms with Crippen LogP contribution in [0.5, 0.6) is 0 Å². The van der Waals surface area contributed by atoms with Crippen molar-refractivity contribution in [2.24, 2.45) is 0 Å². The molecular formula is C15H19BrN2OS. The molecule has 0 saturated carbocycles. The van der Waals surface area contributed by atoms with Gasteiger partial charge in [0.15, 0.2) is 0 Å². The summed E-state index contributed by atoms with van der Waals surface area (Å²) in [7, 11) is 0. The smallest absolute Gasteiger partial charge is 0.231 e. The van der Waals surface area contributed by atoms with Crippen molar-refractivity contribution in [3.63, 3.8) is 0 Å². The molecule has 108 valence electrons. The Hall–Kier alpha value is -0.520. The zero-order valence-corrected chi connectivity index (χ0v) is 13.8. The van der Waals surface area contributed by atoms with Gasteiger partial charge in [0.25, 0.3) is 0 Å². The Morgan fingerprint density at radius 3 is 2.75 bits per heavy atom. The summed E-state index contributed by atoms with van der Waals surface area (Å²) < 4.78 is 0. The molecule has 0 spiro atoms. The predicted molar refractivity (Wildman–Crippen MR) is 86.7 cm³/mol. The van der Waals surface area contributed by atoms with Gasteiger partial charge in [0.1, 0.15) is 0 Å². The van der Waals surface area contributed by atoms with Crippen molar-refractivity contribution in [2.45, 2.75) is 10.8 Å². The van der Waals surface area contributed by atoms with E-state index >= 15 is 0 Å². The van der Waals surface area contributed by atoms with Crippen LogP contribution in [0.3, 0.4) is 0 Å². The van der Waals surface area contributed by atoms with E-state index < -0.39 is 0 Å². The van der Waals surface area contributed by atoms with Crippen LogP contribution >= 0.6 is 27.7 Å². The van der Waals surface area contributed by atoms with Crippen molar-refractivity contribution in [1.82, 2.24) is 9.80 Å². The lowest BCUT2D eigenvalue weighted by molar-refractivity contribution is -0.134. The molecule has 0 bridgehead atoms. The number of hydrogen-bond acceptors (Lipinski definition) is 3. The first-order valence-electron chi connectivity index (χ1n) is 7.08. The topological polar surface area (TPSA) is 23.6 Å². The maximum absolute atomic E-state index is 12.7. The summed E-state index contributed by atoms with van der Waals surface area (Å²) in [5.74, 6) is 1.29. The van der Waals surface area contributed by atoms with Gasteiger partial charge in [0.05, 0.1) is 5.92 Å². The highest BCUT2D eigenvalue weighted by Crippen LogP contribution is 2.40. The van der Waals surface area contributed by atoms with E-state index in [2.05, 4.69) is 43.9 Å². The zero-order chi connectivity index (χ0) is 13.9. The molecule has 0 aliphatic carbocycles. The molecule has 1 fully saturated rings. The first kappa shape index (κ1) is 14.4. The molecule has 0 radical (unpaired) electrons. The molecule has 2 heterocycles. The second-order valence-electron chi connectivity index (χ2n) is 5.26. The minimum atomic E-state index is 0.0684. The predicted octanol–water partition coefficient (Wildman–Crippen LogP) is 2.42. The van der Waals surface area contributed by atoms with E-state index in [4.69, 9.17) is 0 Å². The number of alkyl halides is 1. The summed E-state index contributed by atoms with van der Waals surface area (Å²) in [5, 5.41) is 1.01. The number of halogens is 1. The van der Waals surface area contributed by atoms with Gasteiger partial charge in [0.2, 0.25) is 5.91 Å². The number of amides is 1. The Bertz CT molecular complexity index is 489. The molecule has 3 nitrogen and oxygen atoms in total. The Morgan fingerprint density at radius 2 is 2.00 bits per heavy atom. The molecule has 5 heteroatoms. The number of fused-ring (bicyclic) bond motifs is 1. The highest BCUT2D eigenvalue weighted by molar-refractivity contribution is 9.09. The van der Waals surface area contributed by atoms with Crippen LogP contribution in [0.2, 0.25) is 0 Å². The summed E-state index contributed by atoms with van der Waals surface area (Å²) in [5.41, 5.74) is 1.23. The van der Waals surface area contributed by atoms with E-state index in [1.165, 1.54) is 10.5 Å². The molecule has 1 aromatic carbocycles. The molecule has 3 rings (SSSR count). The first-order valence-corrected chi connectivity index (χ1v) is 9.19. The Morgan fingerprint density at radius 1 is 1.25 bits per heavy atom. The molecule has 1 aromatic rings. The van der Waals surface area contributed by atoms with Gasteiger partial charge in [-0.25, -0.2) is 0 Å². The van der Waals surface area contributed by atoms with E-state index in [0.29, 0.717) is 5.91 Å². The van der Waals surface area contributed by atoms with Crippen LogP contribution in [-0.4, -0.2) is 59.5 Å². The number of thioether (sulfide) groups is 1. The lowest BCUT2D eigenvalue weighted by atomic mass is 9.99. The van der Waals surface area contributed by atoms with E-state index in [0.717, 1.165) is 43.8 Å². The van der Waals surface area contributed by atoms with Crippen LogP contribution in [0.4, 0.5) is 0 Å². The third-order valence-electron chi connectivity index (χ3n) is 4.08. The van der Waals surface area contributed by atoms with E-state index in [-0.39, 0.29) is 5.92 Å².